The zero-order valence-electron chi connectivity index (χ0n) is 9.30. The minimum atomic E-state index is -0.479. The lowest BCUT2D eigenvalue weighted by atomic mass is 10.3. The fraction of sp³-hybridized carbons (Fsp3) is 0.400. The van der Waals surface area contributed by atoms with Gasteiger partial charge in [-0.1, -0.05) is 23.2 Å². The molecule has 1 amide bonds. The van der Waals surface area contributed by atoms with Crippen LogP contribution < -0.4 is 5.32 Å². The van der Waals surface area contributed by atoms with Gasteiger partial charge in [0, 0.05) is 0 Å². The molecule has 0 aliphatic rings. The van der Waals surface area contributed by atoms with Gasteiger partial charge in [-0.05, 0) is 19.4 Å². The third kappa shape index (κ3) is 3.59. The molecule has 0 bridgehead atoms. The van der Waals surface area contributed by atoms with Gasteiger partial charge in [-0.3, -0.25) is 9.59 Å². The van der Waals surface area contributed by atoms with Crippen LogP contribution in [-0.4, -0.2) is 25.0 Å². The number of hydrogen-bond acceptors (Lipinski definition) is 4. The maximum Gasteiger partial charge on any atom is 0.325 e. The Kier molecular flexibility index (Phi) is 5.24. The third-order valence-electron chi connectivity index (χ3n) is 1.94. The predicted octanol–water partition coefficient (Wildman–Crippen LogP) is 2.66. The Labute approximate surface area is 113 Å². The molecule has 0 saturated carbocycles. The minimum Gasteiger partial charge on any atom is -0.465 e. The van der Waals surface area contributed by atoms with E-state index in [2.05, 4.69) is 10.1 Å². The van der Waals surface area contributed by atoms with Gasteiger partial charge in [0.2, 0.25) is 0 Å². The van der Waals surface area contributed by atoms with Crippen molar-refractivity contribution < 1.29 is 14.3 Å². The molecule has 0 atom stereocenters. The highest BCUT2D eigenvalue weighted by Crippen LogP contribution is 2.36. The molecule has 0 radical (unpaired) electrons. The van der Waals surface area contributed by atoms with Gasteiger partial charge in [-0.15, -0.1) is 11.3 Å². The van der Waals surface area contributed by atoms with Crippen molar-refractivity contribution in [3.8, 4) is 0 Å². The molecule has 7 heteroatoms. The van der Waals surface area contributed by atoms with Crippen LogP contribution >= 0.6 is 34.5 Å². The first kappa shape index (κ1) is 14.3. The van der Waals surface area contributed by atoms with Crippen LogP contribution in [0.25, 0.3) is 0 Å². The molecule has 0 unspecified atom stereocenters. The summed E-state index contributed by atoms with van der Waals surface area (Å²) in [5, 5.41) is 2.82. The standard InChI is InChI=1S/C10H11Cl2NO3S/c1-3-16-6(14)4-13-10(15)8-5(2)7(11)9(12)17-8/h3-4H2,1-2H3,(H,13,15). The number of esters is 1. The van der Waals surface area contributed by atoms with Crippen molar-refractivity contribution in [2.75, 3.05) is 13.2 Å². The lowest BCUT2D eigenvalue weighted by molar-refractivity contribution is -0.141. The van der Waals surface area contributed by atoms with Crippen molar-refractivity contribution >= 4 is 46.4 Å². The molecule has 0 aliphatic carbocycles. The van der Waals surface area contributed by atoms with Crippen molar-refractivity contribution in [2.45, 2.75) is 13.8 Å². The zero-order chi connectivity index (χ0) is 13.0. The Morgan fingerprint density at radius 1 is 1.41 bits per heavy atom. The number of carbonyl (C=O) groups is 2. The van der Waals surface area contributed by atoms with Crippen LogP contribution in [0.3, 0.4) is 0 Å². The maximum absolute atomic E-state index is 11.7. The zero-order valence-corrected chi connectivity index (χ0v) is 11.6. The van der Waals surface area contributed by atoms with E-state index in [1.54, 1.807) is 13.8 Å². The van der Waals surface area contributed by atoms with Crippen LogP contribution in [0.15, 0.2) is 0 Å². The van der Waals surface area contributed by atoms with Crippen molar-refractivity contribution in [1.29, 1.82) is 0 Å². The first-order valence-electron chi connectivity index (χ1n) is 4.85. The van der Waals surface area contributed by atoms with E-state index in [0.29, 0.717) is 19.8 Å². The van der Waals surface area contributed by atoms with E-state index in [4.69, 9.17) is 23.2 Å². The Morgan fingerprint density at radius 3 is 2.53 bits per heavy atom. The molecule has 1 aromatic heterocycles. The topological polar surface area (TPSA) is 55.4 Å². The number of ether oxygens (including phenoxy) is 1. The number of nitrogens with one attached hydrogen (secondary N) is 1. The molecule has 1 rings (SSSR count). The molecule has 1 heterocycles. The second-order valence-corrected chi connectivity index (χ2v) is 5.13. The van der Waals surface area contributed by atoms with E-state index >= 15 is 0 Å². The first-order chi connectivity index (χ1) is 7.97. The average Bonchev–Trinajstić information content (AvgIpc) is 2.54. The summed E-state index contributed by atoms with van der Waals surface area (Å²) in [6.45, 7) is 3.51. The Morgan fingerprint density at radius 2 is 2.06 bits per heavy atom. The molecule has 1 aromatic rings. The normalized spacial score (nSPS) is 10.1. The van der Waals surface area contributed by atoms with Gasteiger partial charge < -0.3 is 10.1 Å². The summed E-state index contributed by atoms with van der Waals surface area (Å²) < 4.78 is 5.05. The molecule has 94 valence electrons. The van der Waals surface area contributed by atoms with Gasteiger partial charge in [-0.2, -0.15) is 0 Å². The monoisotopic (exact) mass is 295 g/mol. The largest absolute Gasteiger partial charge is 0.465 e. The fourth-order valence-electron chi connectivity index (χ4n) is 1.12. The summed E-state index contributed by atoms with van der Waals surface area (Å²) in [4.78, 5) is 23.2. The second kappa shape index (κ2) is 6.23. The highest BCUT2D eigenvalue weighted by Gasteiger charge is 2.18. The molecule has 0 spiro atoms. The van der Waals surface area contributed by atoms with E-state index in [1.165, 1.54) is 0 Å². The Bertz CT molecular complexity index is 445. The van der Waals surface area contributed by atoms with Crippen LogP contribution in [0.5, 0.6) is 0 Å². The maximum atomic E-state index is 11.7. The highest BCUT2D eigenvalue weighted by atomic mass is 35.5. The van der Waals surface area contributed by atoms with Gasteiger partial charge in [0.1, 0.15) is 10.9 Å². The van der Waals surface area contributed by atoms with Crippen molar-refractivity contribution in [2.24, 2.45) is 0 Å². The van der Waals surface area contributed by atoms with Gasteiger partial charge in [0.05, 0.1) is 16.5 Å². The minimum absolute atomic E-state index is 0.167. The van der Waals surface area contributed by atoms with E-state index in [0.717, 1.165) is 11.3 Å². The summed E-state index contributed by atoms with van der Waals surface area (Å²) in [7, 11) is 0. The van der Waals surface area contributed by atoms with E-state index in [-0.39, 0.29) is 19.1 Å². The van der Waals surface area contributed by atoms with Crippen molar-refractivity contribution in [3.63, 3.8) is 0 Å². The molecule has 0 aromatic carbocycles. The summed E-state index contributed by atoms with van der Waals surface area (Å²) in [5.41, 5.74) is 0.614. The van der Waals surface area contributed by atoms with E-state index in [9.17, 15) is 9.59 Å². The summed E-state index contributed by atoms with van der Waals surface area (Å²) in [6.07, 6.45) is 0. The SMILES string of the molecule is CCOC(=O)CNC(=O)c1sc(Cl)c(Cl)c1C. The molecule has 0 aliphatic heterocycles. The smallest absolute Gasteiger partial charge is 0.325 e. The van der Waals surface area contributed by atoms with Crippen LogP contribution in [0.1, 0.15) is 22.2 Å². The summed E-state index contributed by atoms with van der Waals surface area (Å²) in [5.74, 6) is -0.860. The van der Waals surface area contributed by atoms with Crippen LogP contribution in [0.4, 0.5) is 0 Å². The Balaban J connectivity index is 2.64. The van der Waals surface area contributed by atoms with Crippen LogP contribution in [0, 0.1) is 6.92 Å². The van der Waals surface area contributed by atoms with Gasteiger partial charge >= 0.3 is 5.97 Å². The van der Waals surface area contributed by atoms with E-state index in [1.807, 2.05) is 0 Å². The Hall–Kier alpha value is -0.780. The van der Waals surface area contributed by atoms with Crippen molar-refractivity contribution in [3.05, 3.63) is 19.8 Å². The molecule has 0 saturated heterocycles. The van der Waals surface area contributed by atoms with Crippen LogP contribution in [-0.2, 0) is 9.53 Å². The quantitative estimate of drug-likeness (QED) is 0.869. The number of rotatable bonds is 4. The molecule has 1 N–H and O–H groups in total. The molecule has 0 fully saturated rings. The van der Waals surface area contributed by atoms with Gasteiger partial charge in [-0.25, -0.2) is 0 Å². The van der Waals surface area contributed by atoms with E-state index < -0.39 is 5.97 Å². The molecular formula is C10H11Cl2NO3S. The number of thiophene rings is 1. The van der Waals surface area contributed by atoms with Crippen molar-refractivity contribution in [1.82, 2.24) is 5.32 Å². The second-order valence-electron chi connectivity index (χ2n) is 3.13. The summed E-state index contributed by atoms with van der Waals surface area (Å²) in [6, 6.07) is 0. The molecule has 17 heavy (non-hydrogen) atoms. The lowest BCUT2D eigenvalue weighted by Crippen LogP contribution is -2.30. The molecule has 4 nitrogen and oxygen atoms in total. The van der Waals surface area contributed by atoms with Gasteiger partial charge in [0.15, 0.2) is 0 Å². The first-order valence-corrected chi connectivity index (χ1v) is 6.42. The van der Waals surface area contributed by atoms with Crippen LogP contribution in [0.2, 0.25) is 9.36 Å². The number of carbonyl (C=O) groups excluding carboxylic acids is 2. The highest BCUT2D eigenvalue weighted by molar-refractivity contribution is 7.19. The number of amides is 1. The summed E-state index contributed by atoms with van der Waals surface area (Å²) >= 11 is 12.8. The fourth-order valence-corrected chi connectivity index (χ4v) is 2.60. The number of hydrogen-bond donors (Lipinski definition) is 1. The van der Waals surface area contributed by atoms with Gasteiger partial charge in [0.25, 0.3) is 5.91 Å². The lowest BCUT2D eigenvalue weighted by Gasteiger charge is -2.04. The third-order valence-corrected chi connectivity index (χ3v) is 4.12. The average molecular weight is 296 g/mol. The number of halogens is 2. The molecular weight excluding hydrogens is 285 g/mol. The predicted molar refractivity (Wildman–Crippen MR) is 68.0 cm³/mol.